The van der Waals surface area contributed by atoms with Crippen molar-refractivity contribution in [2.24, 2.45) is 5.92 Å². The van der Waals surface area contributed by atoms with Gasteiger partial charge in [-0.3, -0.25) is 5.32 Å². The summed E-state index contributed by atoms with van der Waals surface area (Å²) in [6.45, 7) is 3.52. The van der Waals surface area contributed by atoms with E-state index < -0.39 is 24.3 Å². The number of nitrogens with zero attached hydrogens (tertiary/aromatic N) is 2. The molecule has 1 aliphatic rings. The van der Waals surface area contributed by atoms with E-state index in [-0.39, 0.29) is 11.8 Å². The van der Waals surface area contributed by atoms with Gasteiger partial charge in [-0.2, -0.15) is 0 Å². The molecule has 0 aliphatic heterocycles. The summed E-state index contributed by atoms with van der Waals surface area (Å²) in [6.07, 6.45) is 3.07. The molecule has 2 heterocycles. The van der Waals surface area contributed by atoms with E-state index in [0.717, 1.165) is 24.8 Å². The van der Waals surface area contributed by atoms with E-state index >= 15 is 0 Å². The third-order valence-corrected chi connectivity index (χ3v) is 5.73. The molecule has 9 heteroatoms. The number of aryl methyl sites for hydroxylation is 1. The lowest BCUT2D eigenvalue weighted by molar-refractivity contribution is -0.145. The Labute approximate surface area is 197 Å². The minimum absolute atomic E-state index is 0.131. The lowest BCUT2D eigenvalue weighted by Gasteiger charge is -2.15. The van der Waals surface area contributed by atoms with Gasteiger partial charge in [0.2, 0.25) is 11.8 Å². The minimum atomic E-state index is -1.00. The van der Waals surface area contributed by atoms with Gasteiger partial charge in [0.05, 0.1) is 11.3 Å². The number of amides is 1. The number of aliphatic carboxylic acids is 1. The molecule has 1 fully saturated rings. The molecule has 0 bridgehead atoms. The van der Waals surface area contributed by atoms with Gasteiger partial charge in [0.15, 0.2) is 6.10 Å². The van der Waals surface area contributed by atoms with E-state index in [1.807, 2.05) is 30.3 Å². The Morgan fingerprint density at radius 3 is 2.62 bits per heavy atom. The summed E-state index contributed by atoms with van der Waals surface area (Å²) >= 11 is 0. The average Bonchev–Trinajstić information content (AvgIpc) is 3.59. The van der Waals surface area contributed by atoms with Crippen molar-refractivity contribution < 1.29 is 28.7 Å². The Morgan fingerprint density at radius 1 is 1.21 bits per heavy atom. The molecule has 2 aromatic heterocycles. The highest BCUT2D eigenvalue weighted by atomic mass is 16.6. The maximum Gasteiger partial charge on any atom is 0.414 e. The summed E-state index contributed by atoms with van der Waals surface area (Å²) in [5, 5.41) is 16.0. The number of aromatic nitrogens is 2. The maximum atomic E-state index is 12.4. The lowest BCUT2D eigenvalue weighted by atomic mass is 10.1. The van der Waals surface area contributed by atoms with Crippen LogP contribution in [0.5, 0.6) is 5.88 Å². The monoisotopic (exact) mass is 465 g/mol. The second kappa shape index (κ2) is 10.4. The van der Waals surface area contributed by atoms with Gasteiger partial charge in [-0.15, -0.1) is 0 Å². The van der Waals surface area contributed by atoms with Crippen LogP contribution in [0.1, 0.15) is 50.0 Å². The molecule has 2 unspecified atom stereocenters. The van der Waals surface area contributed by atoms with Gasteiger partial charge in [-0.05, 0) is 44.2 Å². The van der Waals surface area contributed by atoms with Crippen LogP contribution in [-0.2, 0) is 9.53 Å². The molecule has 1 aromatic carbocycles. The van der Waals surface area contributed by atoms with Gasteiger partial charge in [0.1, 0.15) is 6.10 Å². The summed E-state index contributed by atoms with van der Waals surface area (Å²) in [4.78, 5) is 28.2. The average molecular weight is 466 g/mol. The second-order valence-corrected chi connectivity index (χ2v) is 8.41. The lowest BCUT2D eigenvalue weighted by Crippen LogP contribution is -2.27. The molecular formula is C25H27N3O6. The number of carboxylic acids is 1. The fraction of sp³-hybridized carbons (Fsp3) is 0.360. The molecule has 3 aromatic rings. The number of carbonyl (C=O) groups excluding carboxylic acids is 1. The first-order chi connectivity index (χ1) is 16.4. The fourth-order valence-electron chi connectivity index (χ4n) is 3.64. The van der Waals surface area contributed by atoms with Crippen LogP contribution in [0.15, 0.2) is 53.2 Å². The third kappa shape index (κ3) is 5.92. The zero-order chi connectivity index (χ0) is 24.1. The first-order valence-corrected chi connectivity index (χ1v) is 11.3. The fourth-order valence-corrected chi connectivity index (χ4v) is 3.64. The van der Waals surface area contributed by atoms with Gasteiger partial charge >= 0.3 is 12.1 Å². The number of nitrogens with one attached hydrogen (secondary N) is 1. The molecule has 178 valence electrons. The molecular weight excluding hydrogens is 438 g/mol. The Balaban J connectivity index is 1.41. The highest BCUT2D eigenvalue weighted by Crippen LogP contribution is 2.35. The molecule has 34 heavy (non-hydrogen) atoms. The zero-order valence-corrected chi connectivity index (χ0v) is 19.1. The second-order valence-electron chi connectivity index (χ2n) is 8.41. The largest absolute Gasteiger partial charge is 0.479 e. The molecule has 4 rings (SSSR count). The van der Waals surface area contributed by atoms with Crippen molar-refractivity contribution in [2.75, 3.05) is 5.32 Å². The number of hydrogen-bond acceptors (Lipinski definition) is 7. The van der Waals surface area contributed by atoms with Gasteiger partial charge in [0, 0.05) is 17.8 Å². The SMILES string of the molecule is Cc1noc(NC(=O)OC(C)c2ccccc2)c1-c1ccc(OC(CCC2CC2)C(=O)O)nc1. The van der Waals surface area contributed by atoms with Gasteiger partial charge in [0.25, 0.3) is 0 Å². The van der Waals surface area contributed by atoms with E-state index in [1.165, 1.54) is 6.20 Å². The van der Waals surface area contributed by atoms with Crippen LogP contribution in [0.25, 0.3) is 11.1 Å². The molecule has 9 nitrogen and oxygen atoms in total. The first kappa shape index (κ1) is 23.3. The van der Waals surface area contributed by atoms with E-state index in [4.69, 9.17) is 14.0 Å². The number of ether oxygens (including phenoxy) is 2. The van der Waals surface area contributed by atoms with E-state index in [1.54, 1.807) is 26.0 Å². The molecule has 1 saturated carbocycles. The maximum absolute atomic E-state index is 12.4. The number of pyridine rings is 1. The quantitative estimate of drug-likeness (QED) is 0.409. The topological polar surface area (TPSA) is 124 Å². The molecule has 1 amide bonds. The summed E-state index contributed by atoms with van der Waals surface area (Å²) < 4.78 is 16.3. The highest BCUT2D eigenvalue weighted by molar-refractivity contribution is 5.89. The van der Waals surface area contributed by atoms with Crippen molar-refractivity contribution in [3.05, 3.63) is 59.9 Å². The Morgan fingerprint density at radius 2 is 1.97 bits per heavy atom. The van der Waals surface area contributed by atoms with Crippen molar-refractivity contribution in [3.8, 4) is 17.0 Å². The Hall–Kier alpha value is -3.88. The standard InChI is InChI=1S/C25H27N3O6/c1-15-22(23(34-28-15)27-25(31)32-16(2)18-6-4-3-5-7-18)19-11-13-21(26-14-19)33-20(24(29)30)12-10-17-8-9-17/h3-7,11,13-14,16-17,20H,8-10,12H2,1-2H3,(H,27,31)(H,29,30). The van der Waals surface area contributed by atoms with Gasteiger partial charge in [-0.1, -0.05) is 48.3 Å². The molecule has 0 saturated heterocycles. The summed E-state index contributed by atoms with van der Waals surface area (Å²) in [5.41, 5.74) is 2.59. The molecule has 2 N–H and O–H groups in total. The van der Waals surface area contributed by atoms with Crippen LogP contribution in [0.2, 0.25) is 0 Å². The van der Waals surface area contributed by atoms with Gasteiger partial charge < -0.3 is 19.1 Å². The number of carbonyl (C=O) groups is 2. The van der Waals surface area contributed by atoms with Crippen molar-refractivity contribution in [1.82, 2.24) is 10.1 Å². The smallest absolute Gasteiger partial charge is 0.414 e. The summed E-state index contributed by atoms with van der Waals surface area (Å²) in [6, 6.07) is 12.7. The molecule has 2 atom stereocenters. The summed E-state index contributed by atoms with van der Waals surface area (Å²) in [5.74, 6) is -0.0421. The van der Waals surface area contributed by atoms with E-state index in [9.17, 15) is 14.7 Å². The number of carboxylic acid groups (broad SMARTS) is 1. The van der Waals surface area contributed by atoms with Crippen LogP contribution in [-0.4, -0.2) is 33.4 Å². The van der Waals surface area contributed by atoms with Crippen LogP contribution in [0.3, 0.4) is 0 Å². The third-order valence-electron chi connectivity index (χ3n) is 5.73. The van der Waals surface area contributed by atoms with Crippen LogP contribution < -0.4 is 10.1 Å². The predicted octanol–water partition coefficient (Wildman–Crippen LogP) is 5.38. The van der Waals surface area contributed by atoms with Crippen molar-refractivity contribution >= 4 is 17.9 Å². The number of benzene rings is 1. The van der Waals surface area contributed by atoms with E-state index in [2.05, 4.69) is 15.5 Å². The molecule has 1 aliphatic carbocycles. The van der Waals surface area contributed by atoms with Crippen LogP contribution in [0, 0.1) is 12.8 Å². The Kier molecular flexibility index (Phi) is 7.10. The predicted molar refractivity (Wildman–Crippen MR) is 123 cm³/mol. The minimum Gasteiger partial charge on any atom is -0.479 e. The number of hydrogen-bond donors (Lipinski definition) is 2. The highest BCUT2D eigenvalue weighted by Gasteiger charge is 2.27. The molecule has 0 radical (unpaired) electrons. The first-order valence-electron chi connectivity index (χ1n) is 11.3. The van der Waals surface area contributed by atoms with Gasteiger partial charge in [-0.25, -0.2) is 14.6 Å². The zero-order valence-electron chi connectivity index (χ0n) is 19.1. The van der Waals surface area contributed by atoms with Crippen molar-refractivity contribution in [3.63, 3.8) is 0 Å². The van der Waals surface area contributed by atoms with Crippen LogP contribution in [0.4, 0.5) is 10.7 Å². The van der Waals surface area contributed by atoms with Crippen molar-refractivity contribution in [2.45, 2.75) is 51.7 Å². The van der Waals surface area contributed by atoms with E-state index in [0.29, 0.717) is 29.2 Å². The summed E-state index contributed by atoms with van der Waals surface area (Å²) in [7, 11) is 0. The van der Waals surface area contributed by atoms with Crippen LogP contribution >= 0.6 is 0 Å². The Bertz CT molecular complexity index is 1130. The van der Waals surface area contributed by atoms with Crippen molar-refractivity contribution in [1.29, 1.82) is 0 Å². The number of anilines is 1. The number of rotatable bonds is 10. The normalized spacial score (nSPS) is 14.8. The molecule has 0 spiro atoms.